The summed E-state index contributed by atoms with van der Waals surface area (Å²) in [6.45, 7) is 3.32. The number of rotatable bonds is 12. The average Bonchev–Trinajstić information content (AvgIpc) is 3.08. The van der Waals surface area contributed by atoms with E-state index in [1.807, 2.05) is 68.4 Å². The van der Waals surface area contributed by atoms with E-state index in [9.17, 15) is 18.0 Å². The van der Waals surface area contributed by atoms with E-state index in [4.69, 9.17) is 23.2 Å². The molecule has 0 radical (unpaired) electrons. The summed E-state index contributed by atoms with van der Waals surface area (Å²) in [5.41, 5.74) is 3.70. The Bertz CT molecular complexity index is 1810. The highest BCUT2D eigenvalue weighted by Crippen LogP contribution is 2.36. The third kappa shape index (κ3) is 8.78. The van der Waals surface area contributed by atoms with Gasteiger partial charge in [0.2, 0.25) is 11.8 Å². The molecule has 5 rings (SSSR count). The SMILES string of the molecule is Cc1ccc(CN(C(=O)CN(c2cccc(Cl)c2Cl)S(=O)(=O)c2ccc(C)cc2)[C@H](Cc2ccccc2)C(=O)NC2CCCCC2)cc1. The van der Waals surface area contributed by atoms with Gasteiger partial charge in [0.25, 0.3) is 10.0 Å². The van der Waals surface area contributed by atoms with Gasteiger partial charge in [-0.2, -0.15) is 0 Å². The maximum absolute atomic E-state index is 14.7. The fourth-order valence-corrected chi connectivity index (χ4v) is 7.90. The minimum atomic E-state index is -4.30. The van der Waals surface area contributed by atoms with Crippen LogP contribution in [0.15, 0.2) is 102 Å². The second-order valence-electron chi connectivity index (χ2n) is 12.5. The lowest BCUT2D eigenvalue weighted by molar-refractivity contribution is -0.140. The number of nitrogens with one attached hydrogen (secondary N) is 1. The van der Waals surface area contributed by atoms with Crippen LogP contribution < -0.4 is 9.62 Å². The quantitative estimate of drug-likeness (QED) is 0.162. The molecule has 1 N–H and O–H groups in total. The zero-order valence-electron chi connectivity index (χ0n) is 27.2. The van der Waals surface area contributed by atoms with Gasteiger partial charge >= 0.3 is 0 Å². The van der Waals surface area contributed by atoms with Crippen LogP contribution in [0.25, 0.3) is 0 Å². The Morgan fingerprint density at radius 2 is 1.42 bits per heavy atom. The molecule has 4 aromatic carbocycles. The number of halogens is 2. The van der Waals surface area contributed by atoms with Gasteiger partial charge in [-0.05, 0) is 62.1 Å². The Morgan fingerprint density at radius 1 is 0.792 bits per heavy atom. The van der Waals surface area contributed by atoms with E-state index in [0.717, 1.165) is 58.7 Å². The van der Waals surface area contributed by atoms with E-state index in [-0.39, 0.29) is 45.5 Å². The lowest BCUT2D eigenvalue weighted by Crippen LogP contribution is -2.55. The van der Waals surface area contributed by atoms with Crippen LogP contribution in [0.5, 0.6) is 0 Å². The molecule has 1 fully saturated rings. The lowest BCUT2D eigenvalue weighted by Gasteiger charge is -2.35. The fourth-order valence-electron chi connectivity index (χ4n) is 6.02. The van der Waals surface area contributed by atoms with Crippen LogP contribution in [-0.2, 0) is 32.6 Å². The Kier molecular flexibility index (Phi) is 11.8. The van der Waals surface area contributed by atoms with E-state index in [1.54, 1.807) is 24.3 Å². The van der Waals surface area contributed by atoms with Crippen LogP contribution in [0.2, 0.25) is 10.0 Å². The zero-order chi connectivity index (χ0) is 34.3. The second kappa shape index (κ2) is 16.0. The molecule has 1 saturated carbocycles. The summed E-state index contributed by atoms with van der Waals surface area (Å²) in [7, 11) is -4.30. The molecular weight excluding hydrogens is 665 g/mol. The molecule has 7 nitrogen and oxygen atoms in total. The van der Waals surface area contributed by atoms with Crippen LogP contribution in [0.1, 0.15) is 54.4 Å². The molecule has 48 heavy (non-hydrogen) atoms. The van der Waals surface area contributed by atoms with Crippen molar-refractivity contribution in [2.45, 2.75) is 75.9 Å². The minimum Gasteiger partial charge on any atom is -0.352 e. The summed E-state index contributed by atoms with van der Waals surface area (Å²) >= 11 is 13.0. The molecular formula is C38H41Cl2N3O4S. The smallest absolute Gasteiger partial charge is 0.264 e. The monoisotopic (exact) mass is 705 g/mol. The number of carbonyl (C=O) groups excluding carboxylic acids is 2. The molecule has 1 atom stereocenters. The largest absolute Gasteiger partial charge is 0.352 e. The number of sulfonamides is 1. The van der Waals surface area contributed by atoms with Crippen molar-refractivity contribution < 1.29 is 18.0 Å². The molecule has 0 aromatic heterocycles. The van der Waals surface area contributed by atoms with Gasteiger partial charge < -0.3 is 10.2 Å². The predicted molar refractivity (Wildman–Crippen MR) is 193 cm³/mol. The molecule has 0 bridgehead atoms. The van der Waals surface area contributed by atoms with E-state index in [0.29, 0.717) is 0 Å². The summed E-state index contributed by atoms with van der Waals surface area (Å²) < 4.78 is 29.6. The summed E-state index contributed by atoms with van der Waals surface area (Å²) in [6.07, 6.45) is 5.21. The Hall–Kier alpha value is -3.85. The van der Waals surface area contributed by atoms with Crippen molar-refractivity contribution in [1.29, 1.82) is 0 Å². The van der Waals surface area contributed by atoms with Crippen LogP contribution in [0, 0.1) is 13.8 Å². The lowest BCUT2D eigenvalue weighted by atomic mass is 9.94. The van der Waals surface area contributed by atoms with Crippen LogP contribution >= 0.6 is 23.2 Å². The minimum absolute atomic E-state index is 0.00194. The fraction of sp³-hybridized carbons (Fsp3) is 0.316. The Labute approximate surface area is 293 Å². The number of aryl methyl sites for hydroxylation is 2. The molecule has 0 spiro atoms. The summed E-state index contributed by atoms with van der Waals surface area (Å²) in [4.78, 5) is 30.5. The zero-order valence-corrected chi connectivity index (χ0v) is 29.6. The molecule has 10 heteroatoms. The van der Waals surface area contributed by atoms with Crippen molar-refractivity contribution in [3.8, 4) is 0 Å². The number of benzene rings is 4. The maximum atomic E-state index is 14.7. The van der Waals surface area contributed by atoms with E-state index >= 15 is 0 Å². The normalized spacial score (nSPS) is 14.2. The summed E-state index contributed by atoms with van der Waals surface area (Å²) in [5, 5.41) is 3.38. The second-order valence-corrected chi connectivity index (χ2v) is 15.1. The molecule has 4 aromatic rings. The molecule has 1 aliphatic rings. The highest BCUT2D eigenvalue weighted by atomic mass is 35.5. The number of carbonyl (C=O) groups is 2. The molecule has 0 unspecified atom stereocenters. The van der Waals surface area contributed by atoms with Crippen LogP contribution in [0.3, 0.4) is 0 Å². The van der Waals surface area contributed by atoms with Crippen LogP contribution in [-0.4, -0.2) is 43.8 Å². The number of amides is 2. The average molecular weight is 707 g/mol. The number of hydrogen-bond acceptors (Lipinski definition) is 4. The Balaban J connectivity index is 1.58. The van der Waals surface area contributed by atoms with Gasteiger partial charge in [-0.1, -0.05) is 126 Å². The van der Waals surface area contributed by atoms with Gasteiger partial charge in [-0.3, -0.25) is 13.9 Å². The van der Waals surface area contributed by atoms with Gasteiger partial charge in [-0.15, -0.1) is 0 Å². The molecule has 1 aliphatic carbocycles. The molecule has 0 aliphatic heterocycles. The predicted octanol–water partition coefficient (Wildman–Crippen LogP) is 7.89. The third-order valence-electron chi connectivity index (χ3n) is 8.78. The highest BCUT2D eigenvalue weighted by Gasteiger charge is 2.36. The van der Waals surface area contributed by atoms with Crippen molar-refractivity contribution in [2.24, 2.45) is 0 Å². The summed E-state index contributed by atoms with van der Waals surface area (Å²) in [6, 6.07) is 27.5. The Morgan fingerprint density at radius 3 is 2.06 bits per heavy atom. The van der Waals surface area contributed by atoms with E-state index < -0.39 is 28.5 Å². The first-order valence-corrected chi connectivity index (χ1v) is 18.5. The van der Waals surface area contributed by atoms with Gasteiger partial charge in [-0.25, -0.2) is 8.42 Å². The number of hydrogen-bond donors (Lipinski definition) is 1. The molecule has 0 saturated heterocycles. The van der Waals surface area contributed by atoms with Crippen molar-refractivity contribution in [1.82, 2.24) is 10.2 Å². The topological polar surface area (TPSA) is 86.8 Å². The van der Waals surface area contributed by atoms with Gasteiger partial charge in [0.1, 0.15) is 12.6 Å². The van der Waals surface area contributed by atoms with Crippen molar-refractivity contribution >= 4 is 50.7 Å². The van der Waals surface area contributed by atoms with Gasteiger partial charge in [0.15, 0.2) is 0 Å². The number of anilines is 1. The first-order valence-electron chi connectivity index (χ1n) is 16.3. The highest BCUT2D eigenvalue weighted by molar-refractivity contribution is 7.92. The van der Waals surface area contributed by atoms with Crippen molar-refractivity contribution in [3.05, 3.63) is 129 Å². The van der Waals surface area contributed by atoms with Crippen LogP contribution in [0.4, 0.5) is 5.69 Å². The first kappa shape index (κ1) is 35.5. The standard InChI is InChI=1S/C38H41Cl2N3O4S/c1-27-16-20-30(21-17-27)25-42(35(24-29-10-5-3-6-11-29)38(45)41-31-12-7-4-8-13-31)36(44)26-43(34-15-9-14-33(39)37(34)40)48(46,47)32-22-18-28(2)19-23-32/h3,5-6,9-11,14-23,31,35H,4,7-8,12-13,24-26H2,1-2H3,(H,41,45)/t35-/m1/s1. The third-order valence-corrected chi connectivity index (χ3v) is 11.4. The van der Waals surface area contributed by atoms with Crippen molar-refractivity contribution in [2.75, 3.05) is 10.8 Å². The first-order chi connectivity index (χ1) is 23.0. The molecule has 0 heterocycles. The summed E-state index contributed by atoms with van der Waals surface area (Å²) in [5.74, 6) is -0.818. The molecule has 2 amide bonds. The molecule has 252 valence electrons. The van der Waals surface area contributed by atoms with Gasteiger partial charge in [0.05, 0.1) is 20.6 Å². The number of nitrogens with zero attached hydrogens (tertiary/aromatic N) is 2. The van der Waals surface area contributed by atoms with Crippen molar-refractivity contribution in [3.63, 3.8) is 0 Å². The van der Waals surface area contributed by atoms with E-state index in [2.05, 4.69) is 5.32 Å². The van der Waals surface area contributed by atoms with E-state index in [1.165, 1.54) is 23.1 Å². The van der Waals surface area contributed by atoms with Gasteiger partial charge in [0, 0.05) is 19.0 Å². The maximum Gasteiger partial charge on any atom is 0.264 e.